The van der Waals surface area contributed by atoms with Gasteiger partial charge in [0, 0.05) is 36.6 Å². The second-order valence-corrected chi connectivity index (χ2v) is 8.59. The van der Waals surface area contributed by atoms with Crippen LogP contribution in [0, 0.1) is 5.92 Å². The van der Waals surface area contributed by atoms with Gasteiger partial charge in [0.15, 0.2) is 0 Å². The molecule has 0 radical (unpaired) electrons. The van der Waals surface area contributed by atoms with E-state index in [1.54, 1.807) is 11.3 Å². The molecule has 1 fully saturated rings. The van der Waals surface area contributed by atoms with Crippen LogP contribution >= 0.6 is 11.3 Å². The lowest BCUT2D eigenvalue weighted by Crippen LogP contribution is -2.51. The summed E-state index contributed by atoms with van der Waals surface area (Å²) >= 11 is 1.60. The number of nitrogens with zero attached hydrogens (tertiary/aromatic N) is 2. The van der Waals surface area contributed by atoms with Crippen LogP contribution in [-0.2, 0) is 16.0 Å². The molecule has 1 unspecified atom stereocenters. The SMILES string of the molecule is CC(C)CN(CC1CN(C(=O)Cc2cccs2)CCO1)C(=O)c1ccccc1. The molecule has 6 heteroatoms. The fourth-order valence-corrected chi connectivity index (χ4v) is 4.12. The zero-order valence-corrected chi connectivity index (χ0v) is 17.4. The molecule has 5 nitrogen and oxygen atoms in total. The van der Waals surface area contributed by atoms with Gasteiger partial charge in [-0.2, -0.15) is 0 Å². The summed E-state index contributed by atoms with van der Waals surface area (Å²) in [6, 6.07) is 13.3. The molecule has 1 aromatic carbocycles. The Balaban J connectivity index is 1.63. The fourth-order valence-electron chi connectivity index (χ4n) is 3.42. The standard InChI is InChI=1S/C22H28N2O3S/c1-17(2)14-24(22(26)18-7-4-3-5-8-18)16-19-15-23(10-11-27-19)21(25)13-20-9-6-12-28-20/h3-9,12,17,19H,10-11,13-16H2,1-2H3. The average Bonchev–Trinajstić information content (AvgIpc) is 3.20. The molecule has 1 saturated heterocycles. The van der Waals surface area contributed by atoms with Crippen LogP contribution in [0.15, 0.2) is 47.8 Å². The molecule has 0 saturated carbocycles. The summed E-state index contributed by atoms with van der Waals surface area (Å²) in [7, 11) is 0. The third kappa shape index (κ3) is 5.66. The van der Waals surface area contributed by atoms with Crippen molar-refractivity contribution in [1.82, 2.24) is 9.80 Å². The van der Waals surface area contributed by atoms with Crippen LogP contribution in [0.25, 0.3) is 0 Å². The minimum Gasteiger partial charge on any atom is -0.373 e. The molecule has 0 aliphatic carbocycles. The Labute approximate surface area is 170 Å². The number of amides is 2. The smallest absolute Gasteiger partial charge is 0.253 e. The van der Waals surface area contributed by atoms with Gasteiger partial charge < -0.3 is 14.5 Å². The van der Waals surface area contributed by atoms with Gasteiger partial charge in [-0.25, -0.2) is 0 Å². The first kappa shape index (κ1) is 20.6. The van der Waals surface area contributed by atoms with Gasteiger partial charge >= 0.3 is 0 Å². The fraction of sp³-hybridized carbons (Fsp3) is 0.455. The Hall–Kier alpha value is -2.18. The average molecular weight is 401 g/mol. The van der Waals surface area contributed by atoms with Crippen molar-refractivity contribution in [2.45, 2.75) is 26.4 Å². The largest absolute Gasteiger partial charge is 0.373 e. The highest BCUT2D eigenvalue weighted by Gasteiger charge is 2.28. The van der Waals surface area contributed by atoms with Crippen LogP contribution in [0.4, 0.5) is 0 Å². The van der Waals surface area contributed by atoms with Gasteiger partial charge in [-0.15, -0.1) is 11.3 Å². The van der Waals surface area contributed by atoms with E-state index in [9.17, 15) is 9.59 Å². The van der Waals surface area contributed by atoms with Crippen LogP contribution in [0.3, 0.4) is 0 Å². The first-order chi connectivity index (χ1) is 13.5. The number of hydrogen-bond donors (Lipinski definition) is 0. The molecule has 2 heterocycles. The number of thiophene rings is 1. The zero-order chi connectivity index (χ0) is 19.9. The minimum absolute atomic E-state index is 0.0138. The lowest BCUT2D eigenvalue weighted by Gasteiger charge is -2.36. The van der Waals surface area contributed by atoms with E-state index in [0.717, 1.165) is 4.88 Å². The van der Waals surface area contributed by atoms with E-state index in [-0.39, 0.29) is 17.9 Å². The topological polar surface area (TPSA) is 49.9 Å². The molecular formula is C22H28N2O3S. The van der Waals surface area contributed by atoms with Crippen molar-refractivity contribution in [3.05, 3.63) is 58.3 Å². The molecule has 0 N–H and O–H groups in total. The van der Waals surface area contributed by atoms with Crippen molar-refractivity contribution in [3.8, 4) is 0 Å². The maximum atomic E-state index is 13.0. The Kier molecular flexibility index (Phi) is 7.23. The Morgan fingerprint density at radius 1 is 1.21 bits per heavy atom. The summed E-state index contributed by atoms with van der Waals surface area (Å²) in [4.78, 5) is 30.4. The van der Waals surface area contributed by atoms with Crippen molar-refractivity contribution in [2.75, 3.05) is 32.8 Å². The molecule has 28 heavy (non-hydrogen) atoms. The zero-order valence-electron chi connectivity index (χ0n) is 16.5. The quantitative estimate of drug-likeness (QED) is 0.716. The molecule has 150 valence electrons. The number of rotatable bonds is 7. The monoisotopic (exact) mass is 400 g/mol. The van der Waals surface area contributed by atoms with E-state index >= 15 is 0 Å². The highest BCUT2D eigenvalue weighted by Crippen LogP contribution is 2.15. The Bertz CT molecular complexity index is 761. The molecule has 0 spiro atoms. The summed E-state index contributed by atoms with van der Waals surface area (Å²) in [6.45, 7) is 7.01. The number of ether oxygens (including phenoxy) is 1. The van der Waals surface area contributed by atoms with Crippen LogP contribution in [0.2, 0.25) is 0 Å². The second-order valence-electron chi connectivity index (χ2n) is 7.56. The molecule has 1 aliphatic rings. The predicted molar refractivity (Wildman–Crippen MR) is 112 cm³/mol. The van der Waals surface area contributed by atoms with Crippen LogP contribution < -0.4 is 0 Å². The minimum atomic E-state index is -0.160. The van der Waals surface area contributed by atoms with Gasteiger partial charge in [-0.1, -0.05) is 38.1 Å². The summed E-state index contributed by atoms with van der Waals surface area (Å²) in [6.07, 6.45) is 0.274. The van der Waals surface area contributed by atoms with Gasteiger partial charge in [-0.05, 0) is 29.5 Å². The number of carbonyl (C=O) groups is 2. The Morgan fingerprint density at radius 2 is 2.00 bits per heavy atom. The molecule has 3 rings (SSSR count). The van der Waals surface area contributed by atoms with Crippen LogP contribution in [-0.4, -0.2) is 60.5 Å². The van der Waals surface area contributed by atoms with E-state index in [0.29, 0.717) is 50.7 Å². The molecule has 0 bridgehead atoms. The highest BCUT2D eigenvalue weighted by atomic mass is 32.1. The first-order valence-electron chi connectivity index (χ1n) is 9.79. The van der Waals surface area contributed by atoms with Gasteiger partial charge in [0.1, 0.15) is 0 Å². The van der Waals surface area contributed by atoms with Crippen molar-refractivity contribution < 1.29 is 14.3 Å². The number of hydrogen-bond acceptors (Lipinski definition) is 4. The van der Waals surface area contributed by atoms with Crippen molar-refractivity contribution >= 4 is 23.2 Å². The van der Waals surface area contributed by atoms with Crippen molar-refractivity contribution in [3.63, 3.8) is 0 Å². The number of carbonyl (C=O) groups excluding carboxylic acids is 2. The normalized spacial score (nSPS) is 17.0. The maximum Gasteiger partial charge on any atom is 0.253 e. The lowest BCUT2D eigenvalue weighted by atomic mass is 10.1. The van der Waals surface area contributed by atoms with Crippen LogP contribution in [0.5, 0.6) is 0 Å². The summed E-state index contributed by atoms with van der Waals surface area (Å²) in [5.74, 6) is 0.494. The third-order valence-corrected chi connectivity index (χ3v) is 5.59. The van der Waals surface area contributed by atoms with E-state index in [1.807, 2.05) is 57.6 Å². The predicted octanol–water partition coefficient (Wildman–Crippen LogP) is 3.32. The van der Waals surface area contributed by atoms with Crippen molar-refractivity contribution in [2.24, 2.45) is 5.92 Å². The van der Waals surface area contributed by atoms with Gasteiger partial charge in [0.25, 0.3) is 5.91 Å². The van der Waals surface area contributed by atoms with E-state index in [1.165, 1.54) is 0 Å². The van der Waals surface area contributed by atoms with E-state index in [2.05, 4.69) is 13.8 Å². The molecule has 1 aromatic heterocycles. The maximum absolute atomic E-state index is 13.0. The molecular weight excluding hydrogens is 372 g/mol. The first-order valence-corrected chi connectivity index (χ1v) is 10.7. The highest BCUT2D eigenvalue weighted by molar-refractivity contribution is 7.10. The van der Waals surface area contributed by atoms with Crippen LogP contribution in [0.1, 0.15) is 29.1 Å². The van der Waals surface area contributed by atoms with Gasteiger partial charge in [0.2, 0.25) is 5.91 Å². The van der Waals surface area contributed by atoms with Gasteiger partial charge in [0.05, 0.1) is 19.1 Å². The van der Waals surface area contributed by atoms with E-state index in [4.69, 9.17) is 4.74 Å². The number of morpholine rings is 1. The Morgan fingerprint density at radius 3 is 2.68 bits per heavy atom. The third-order valence-electron chi connectivity index (χ3n) is 4.71. The number of benzene rings is 1. The molecule has 1 aliphatic heterocycles. The molecule has 1 atom stereocenters. The van der Waals surface area contributed by atoms with Gasteiger partial charge in [-0.3, -0.25) is 9.59 Å². The summed E-state index contributed by atoms with van der Waals surface area (Å²) in [5.41, 5.74) is 0.685. The van der Waals surface area contributed by atoms with Crippen molar-refractivity contribution in [1.29, 1.82) is 0 Å². The molecule has 2 aromatic rings. The van der Waals surface area contributed by atoms with E-state index < -0.39 is 0 Å². The molecule has 2 amide bonds. The summed E-state index contributed by atoms with van der Waals surface area (Å²) in [5, 5.41) is 1.99. The summed E-state index contributed by atoms with van der Waals surface area (Å²) < 4.78 is 5.91. The lowest BCUT2D eigenvalue weighted by molar-refractivity contribution is -0.138. The second kappa shape index (κ2) is 9.85.